The fourth-order valence-corrected chi connectivity index (χ4v) is 5.91. The summed E-state index contributed by atoms with van der Waals surface area (Å²) in [6.07, 6.45) is 12.3. The Labute approximate surface area is 191 Å². The van der Waals surface area contributed by atoms with Crippen LogP contribution in [0, 0.1) is 11.8 Å². The molecule has 2 aliphatic rings. The third-order valence-corrected chi connectivity index (χ3v) is 7.83. The van der Waals surface area contributed by atoms with Gasteiger partial charge in [-0.1, -0.05) is 33.1 Å². The van der Waals surface area contributed by atoms with E-state index >= 15 is 0 Å². The lowest BCUT2D eigenvalue weighted by atomic mass is 9.70. The van der Waals surface area contributed by atoms with Crippen LogP contribution in [-0.2, 0) is 0 Å². The lowest BCUT2D eigenvalue weighted by molar-refractivity contribution is -0.0394. The summed E-state index contributed by atoms with van der Waals surface area (Å²) in [4.78, 5) is 21.1. The number of aliphatic hydroxyl groups is 1. The standard InChI is InChI=1S/C25H39N5O2/c1-4-25(32)13-16(2)12-18(14-25)17(3)29-22-20-10-11-27-23(20)28-15-21(22)24(31)30(26)19-8-6-5-7-9-19/h10-11,15-19,32H,4-9,12-14,26H2,1-3H3,(H2,27,28,29)/t16?,17-,18-,25-/m0/s1. The third-order valence-electron chi connectivity index (χ3n) is 7.83. The van der Waals surface area contributed by atoms with Crippen LogP contribution in [-0.4, -0.2) is 43.7 Å². The first-order valence-electron chi connectivity index (χ1n) is 12.3. The third kappa shape index (κ3) is 4.64. The summed E-state index contributed by atoms with van der Waals surface area (Å²) < 4.78 is 0. The molecule has 0 radical (unpaired) electrons. The Morgan fingerprint density at radius 2 is 2.12 bits per heavy atom. The molecule has 2 aromatic rings. The van der Waals surface area contributed by atoms with Crippen molar-refractivity contribution in [2.75, 3.05) is 5.32 Å². The molecule has 0 saturated heterocycles. The number of nitrogens with zero attached hydrogens (tertiary/aromatic N) is 2. The monoisotopic (exact) mass is 441 g/mol. The first kappa shape index (κ1) is 23.1. The van der Waals surface area contributed by atoms with Crippen LogP contribution in [0.15, 0.2) is 18.5 Å². The molecule has 176 valence electrons. The Kier molecular flexibility index (Phi) is 6.77. The first-order chi connectivity index (χ1) is 15.3. The van der Waals surface area contributed by atoms with E-state index in [1.54, 1.807) is 6.20 Å². The van der Waals surface area contributed by atoms with Gasteiger partial charge in [0.15, 0.2) is 0 Å². The molecule has 1 amide bonds. The number of hydrogen-bond donors (Lipinski definition) is 4. The summed E-state index contributed by atoms with van der Waals surface area (Å²) in [5.74, 6) is 6.96. The summed E-state index contributed by atoms with van der Waals surface area (Å²) in [6.45, 7) is 6.45. The largest absolute Gasteiger partial charge is 0.390 e. The number of hydrogen-bond acceptors (Lipinski definition) is 5. The van der Waals surface area contributed by atoms with Crippen LogP contribution in [0.5, 0.6) is 0 Å². The summed E-state index contributed by atoms with van der Waals surface area (Å²) in [6, 6.07) is 2.15. The lowest BCUT2D eigenvalue weighted by Gasteiger charge is -2.42. The van der Waals surface area contributed by atoms with Gasteiger partial charge < -0.3 is 15.4 Å². The molecular weight excluding hydrogens is 402 g/mol. The van der Waals surface area contributed by atoms with E-state index in [1.807, 2.05) is 12.3 Å². The maximum Gasteiger partial charge on any atom is 0.271 e. The number of aromatic amines is 1. The normalized spacial score (nSPS) is 27.9. The highest BCUT2D eigenvalue weighted by molar-refractivity contribution is 6.06. The van der Waals surface area contributed by atoms with Crippen molar-refractivity contribution in [1.29, 1.82) is 0 Å². The molecule has 2 fully saturated rings. The Balaban J connectivity index is 1.61. The number of H-pyrrole nitrogens is 1. The topological polar surface area (TPSA) is 107 Å². The number of fused-ring (bicyclic) bond motifs is 1. The number of hydrazine groups is 1. The van der Waals surface area contributed by atoms with Crippen molar-refractivity contribution in [2.24, 2.45) is 17.7 Å². The molecule has 1 unspecified atom stereocenters. The number of nitrogens with one attached hydrogen (secondary N) is 2. The number of anilines is 1. The maximum absolute atomic E-state index is 13.5. The second-order valence-corrected chi connectivity index (χ2v) is 10.3. The van der Waals surface area contributed by atoms with Gasteiger partial charge in [-0.15, -0.1) is 0 Å². The molecule has 2 heterocycles. The highest BCUT2D eigenvalue weighted by atomic mass is 16.3. The summed E-state index contributed by atoms with van der Waals surface area (Å²) in [5.41, 5.74) is 1.46. The fraction of sp³-hybridized carbons (Fsp3) is 0.680. The van der Waals surface area contributed by atoms with Gasteiger partial charge in [-0.25, -0.2) is 10.8 Å². The van der Waals surface area contributed by atoms with Crippen LogP contribution in [0.25, 0.3) is 11.0 Å². The quantitative estimate of drug-likeness (QED) is 0.298. The van der Waals surface area contributed by atoms with Gasteiger partial charge in [0.1, 0.15) is 5.65 Å². The van der Waals surface area contributed by atoms with Gasteiger partial charge >= 0.3 is 0 Å². The van der Waals surface area contributed by atoms with Crippen molar-refractivity contribution in [3.8, 4) is 0 Å². The van der Waals surface area contributed by atoms with Gasteiger partial charge in [0.25, 0.3) is 5.91 Å². The zero-order valence-corrected chi connectivity index (χ0v) is 19.7. The van der Waals surface area contributed by atoms with Crippen molar-refractivity contribution in [1.82, 2.24) is 15.0 Å². The molecule has 2 aliphatic carbocycles. The molecule has 5 N–H and O–H groups in total. The second-order valence-electron chi connectivity index (χ2n) is 10.3. The van der Waals surface area contributed by atoms with E-state index in [1.165, 1.54) is 11.4 Å². The fourth-order valence-electron chi connectivity index (χ4n) is 5.91. The molecule has 0 aromatic carbocycles. The zero-order valence-electron chi connectivity index (χ0n) is 19.7. The van der Waals surface area contributed by atoms with E-state index in [2.05, 4.69) is 36.1 Å². The molecule has 0 bridgehead atoms. The van der Waals surface area contributed by atoms with Gasteiger partial charge in [0, 0.05) is 29.9 Å². The number of carbonyl (C=O) groups is 1. The number of amides is 1. The predicted octanol–water partition coefficient (Wildman–Crippen LogP) is 4.59. The first-order valence-corrected chi connectivity index (χ1v) is 12.3. The van der Waals surface area contributed by atoms with Crippen molar-refractivity contribution in [2.45, 2.75) is 96.2 Å². The average Bonchev–Trinajstić information content (AvgIpc) is 3.27. The predicted molar refractivity (Wildman–Crippen MR) is 128 cm³/mol. The van der Waals surface area contributed by atoms with Crippen LogP contribution >= 0.6 is 0 Å². The molecule has 4 atom stereocenters. The van der Waals surface area contributed by atoms with Crippen molar-refractivity contribution < 1.29 is 9.90 Å². The van der Waals surface area contributed by atoms with Crippen LogP contribution < -0.4 is 11.2 Å². The highest BCUT2D eigenvalue weighted by Gasteiger charge is 2.38. The molecule has 2 aromatic heterocycles. The molecule has 2 saturated carbocycles. The summed E-state index contributed by atoms with van der Waals surface area (Å²) in [7, 11) is 0. The number of pyridine rings is 1. The number of rotatable bonds is 6. The smallest absolute Gasteiger partial charge is 0.271 e. The SMILES string of the molecule is CC[C@]1(O)CC(C)C[C@H]([C@H](C)Nc2c(C(=O)N(N)C3CCCCC3)cnc3[nH]ccc23)C1. The Hall–Kier alpha value is -2.12. The van der Waals surface area contributed by atoms with E-state index < -0.39 is 5.60 Å². The Bertz CT molecular complexity index is 938. The molecule has 4 rings (SSSR count). The minimum atomic E-state index is -0.604. The maximum atomic E-state index is 13.5. The molecule has 0 spiro atoms. The summed E-state index contributed by atoms with van der Waals surface area (Å²) in [5, 5.41) is 17.0. The van der Waals surface area contributed by atoms with Crippen molar-refractivity contribution >= 4 is 22.6 Å². The lowest BCUT2D eigenvalue weighted by Crippen LogP contribution is -2.47. The number of nitrogens with two attached hydrogens (primary N) is 1. The average molecular weight is 442 g/mol. The second kappa shape index (κ2) is 9.40. The molecule has 32 heavy (non-hydrogen) atoms. The minimum absolute atomic E-state index is 0.0854. The summed E-state index contributed by atoms with van der Waals surface area (Å²) >= 11 is 0. The van der Waals surface area contributed by atoms with Gasteiger partial charge in [0.05, 0.1) is 16.9 Å². The van der Waals surface area contributed by atoms with Crippen LogP contribution in [0.1, 0.15) is 88.9 Å². The number of aromatic nitrogens is 2. The van der Waals surface area contributed by atoms with Crippen LogP contribution in [0.2, 0.25) is 0 Å². The van der Waals surface area contributed by atoms with Crippen LogP contribution in [0.3, 0.4) is 0 Å². The van der Waals surface area contributed by atoms with E-state index in [0.717, 1.165) is 68.1 Å². The Morgan fingerprint density at radius 3 is 2.84 bits per heavy atom. The van der Waals surface area contributed by atoms with Gasteiger partial charge in [0.2, 0.25) is 0 Å². The van der Waals surface area contributed by atoms with E-state index in [0.29, 0.717) is 17.4 Å². The van der Waals surface area contributed by atoms with Gasteiger partial charge in [-0.2, -0.15) is 0 Å². The molecule has 0 aliphatic heterocycles. The molecule has 7 nitrogen and oxygen atoms in total. The van der Waals surface area contributed by atoms with Crippen molar-refractivity contribution in [3.05, 3.63) is 24.0 Å². The zero-order chi connectivity index (χ0) is 22.9. The minimum Gasteiger partial charge on any atom is -0.390 e. The highest BCUT2D eigenvalue weighted by Crippen LogP contribution is 2.40. The molecule has 7 heteroatoms. The number of carbonyl (C=O) groups excluding carboxylic acids is 1. The van der Waals surface area contributed by atoms with Gasteiger partial charge in [-0.3, -0.25) is 9.80 Å². The van der Waals surface area contributed by atoms with Gasteiger partial charge in [-0.05, 0) is 63.4 Å². The van der Waals surface area contributed by atoms with Crippen molar-refractivity contribution in [3.63, 3.8) is 0 Å². The molecular formula is C25H39N5O2. The van der Waals surface area contributed by atoms with Crippen LogP contribution in [0.4, 0.5) is 5.69 Å². The Morgan fingerprint density at radius 1 is 1.38 bits per heavy atom. The van der Waals surface area contributed by atoms with E-state index in [-0.39, 0.29) is 18.0 Å². The van der Waals surface area contributed by atoms with E-state index in [9.17, 15) is 9.90 Å². The van der Waals surface area contributed by atoms with E-state index in [4.69, 9.17) is 5.84 Å².